The van der Waals surface area contributed by atoms with E-state index in [1.807, 2.05) is 6.92 Å². The monoisotopic (exact) mass is 351 g/mol. The summed E-state index contributed by atoms with van der Waals surface area (Å²) in [6.45, 7) is 6.81. The van der Waals surface area contributed by atoms with E-state index in [4.69, 9.17) is 5.73 Å². The number of rotatable bonds is 7. The van der Waals surface area contributed by atoms with Crippen molar-refractivity contribution in [2.75, 3.05) is 25.2 Å². The van der Waals surface area contributed by atoms with Gasteiger partial charge in [-0.1, -0.05) is 20.8 Å². The molecule has 1 saturated heterocycles. The van der Waals surface area contributed by atoms with Gasteiger partial charge in [0, 0.05) is 31.8 Å². The summed E-state index contributed by atoms with van der Waals surface area (Å²) < 4.78 is 0. The maximum atomic E-state index is 12.5. The Morgan fingerprint density at radius 2 is 2.05 bits per heavy atom. The summed E-state index contributed by atoms with van der Waals surface area (Å²) in [6, 6.07) is -0.189. The number of hydrogen-bond donors (Lipinski definition) is 1. The Labute approximate surface area is 144 Å². The van der Waals surface area contributed by atoms with Gasteiger partial charge in [-0.05, 0) is 18.8 Å². The van der Waals surface area contributed by atoms with E-state index in [2.05, 4.69) is 13.8 Å². The van der Waals surface area contributed by atoms with Crippen LogP contribution >= 0.6 is 24.2 Å². The second kappa shape index (κ2) is 10.3. The second-order valence-corrected chi connectivity index (χ2v) is 7.09. The molecule has 1 rings (SSSR count). The first-order valence-electron chi connectivity index (χ1n) is 7.76. The van der Waals surface area contributed by atoms with Crippen molar-refractivity contribution in [3.63, 3.8) is 0 Å². The highest BCUT2D eigenvalue weighted by Gasteiger charge is 2.35. The van der Waals surface area contributed by atoms with Crippen LogP contribution in [0.3, 0.4) is 0 Å². The minimum atomic E-state index is -0.297. The summed E-state index contributed by atoms with van der Waals surface area (Å²) in [6.07, 6.45) is 2.13. The summed E-state index contributed by atoms with van der Waals surface area (Å²) >= 11 is 1.65. The third-order valence-electron chi connectivity index (χ3n) is 3.98. The Morgan fingerprint density at radius 1 is 1.41 bits per heavy atom. The van der Waals surface area contributed by atoms with Crippen molar-refractivity contribution in [1.29, 1.82) is 0 Å². The number of likely N-dealkylation sites (N-methyl/N-ethyl adjacent to an activating group) is 1. The van der Waals surface area contributed by atoms with E-state index in [0.29, 0.717) is 30.5 Å². The first-order valence-corrected chi connectivity index (χ1v) is 8.91. The standard InChI is InChI=1S/C15H29N3O2S.ClH/c1-5-6-14(19)18-10-21-9-13(18)15(20)17(4)8-7-12(16)11(2)3;/h11-13H,5-10,16H2,1-4H3;1H. The number of halogens is 1. The lowest BCUT2D eigenvalue weighted by Gasteiger charge is -2.28. The van der Waals surface area contributed by atoms with Crippen molar-refractivity contribution in [2.24, 2.45) is 11.7 Å². The average molecular weight is 352 g/mol. The van der Waals surface area contributed by atoms with Crippen molar-refractivity contribution in [3.05, 3.63) is 0 Å². The molecule has 1 fully saturated rings. The van der Waals surface area contributed by atoms with Gasteiger partial charge in [-0.15, -0.1) is 24.2 Å². The third-order valence-corrected chi connectivity index (χ3v) is 4.99. The topological polar surface area (TPSA) is 66.6 Å². The highest BCUT2D eigenvalue weighted by atomic mass is 35.5. The van der Waals surface area contributed by atoms with Crippen LogP contribution in [0.25, 0.3) is 0 Å². The smallest absolute Gasteiger partial charge is 0.246 e. The first kappa shape index (κ1) is 21.5. The molecule has 2 N–H and O–H groups in total. The number of hydrogen-bond acceptors (Lipinski definition) is 4. The van der Waals surface area contributed by atoms with Crippen LogP contribution in [0.15, 0.2) is 0 Å². The lowest BCUT2D eigenvalue weighted by atomic mass is 10.0. The van der Waals surface area contributed by atoms with Crippen molar-refractivity contribution in [1.82, 2.24) is 9.80 Å². The minimum Gasteiger partial charge on any atom is -0.344 e. The molecule has 0 aromatic heterocycles. The lowest BCUT2D eigenvalue weighted by Crippen LogP contribution is -2.48. The van der Waals surface area contributed by atoms with E-state index in [1.54, 1.807) is 28.6 Å². The molecule has 2 amide bonds. The van der Waals surface area contributed by atoms with E-state index in [-0.39, 0.29) is 36.3 Å². The molecular formula is C15H30ClN3O2S. The molecular weight excluding hydrogens is 322 g/mol. The highest BCUT2D eigenvalue weighted by molar-refractivity contribution is 7.99. The van der Waals surface area contributed by atoms with E-state index < -0.39 is 0 Å². The Kier molecular flexibility index (Phi) is 10.1. The minimum absolute atomic E-state index is 0. The number of nitrogens with zero attached hydrogens (tertiary/aromatic N) is 2. The van der Waals surface area contributed by atoms with Crippen LogP contribution in [0, 0.1) is 5.92 Å². The Morgan fingerprint density at radius 3 is 2.59 bits per heavy atom. The number of thioether (sulfide) groups is 1. The second-order valence-electron chi connectivity index (χ2n) is 6.09. The number of nitrogens with two attached hydrogens (primary N) is 1. The number of carbonyl (C=O) groups is 2. The van der Waals surface area contributed by atoms with Gasteiger partial charge in [0.25, 0.3) is 0 Å². The predicted molar refractivity (Wildman–Crippen MR) is 95.2 cm³/mol. The van der Waals surface area contributed by atoms with E-state index in [9.17, 15) is 9.59 Å². The van der Waals surface area contributed by atoms with Gasteiger partial charge in [0.1, 0.15) is 6.04 Å². The van der Waals surface area contributed by atoms with Gasteiger partial charge in [0.15, 0.2) is 0 Å². The fourth-order valence-corrected chi connectivity index (χ4v) is 3.46. The van der Waals surface area contributed by atoms with Crippen LogP contribution in [-0.4, -0.2) is 58.9 Å². The van der Waals surface area contributed by atoms with E-state index in [0.717, 1.165) is 12.8 Å². The van der Waals surface area contributed by atoms with Gasteiger partial charge in [-0.2, -0.15) is 0 Å². The average Bonchev–Trinajstić information content (AvgIpc) is 2.92. The third kappa shape index (κ3) is 5.97. The summed E-state index contributed by atoms with van der Waals surface area (Å²) in [7, 11) is 1.81. The molecule has 1 aliphatic heterocycles. The van der Waals surface area contributed by atoms with E-state index in [1.165, 1.54) is 0 Å². The zero-order chi connectivity index (χ0) is 16.0. The molecule has 0 bridgehead atoms. The predicted octanol–water partition coefficient (Wildman–Crippen LogP) is 1.94. The van der Waals surface area contributed by atoms with Crippen molar-refractivity contribution < 1.29 is 9.59 Å². The van der Waals surface area contributed by atoms with Gasteiger partial charge in [0.05, 0.1) is 5.88 Å². The Hall–Kier alpha value is -0.460. The molecule has 5 nitrogen and oxygen atoms in total. The molecule has 130 valence electrons. The summed E-state index contributed by atoms with van der Waals surface area (Å²) in [4.78, 5) is 28.0. The van der Waals surface area contributed by atoms with Crippen LogP contribution in [0.5, 0.6) is 0 Å². The molecule has 0 aromatic carbocycles. The van der Waals surface area contributed by atoms with Crippen molar-refractivity contribution in [3.8, 4) is 0 Å². The molecule has 0 saturated carbocycles. The van der Waals surface area contributed by atoms with Crippen LogP contribution in [0.4, 0.5) is 0 Å². The van der Waals surface area contributed by atoms with Crippen LogP contribution in [-0.2, 0) is 9.59 Å². The van der Waals surface area contributed by atoms with Crippen LogP contribution in [0.1, 0.15) is 40.0 Å². The zero-order valence-electron chi connectivity index (χ0n) is 14.1. The summed E-state index contributed by atoms with van der Waals surface area (Å²) in [5.41, 5.74) is 6.03. The lowest BCUT2D eigenvalue weighted by molar-refractivity contribution is -0.142. The van der Waals surface area contributed by atoms with Gasteiger partial charge in [0.2, 0.25) is 11.8 Å². The number of amides is 2. The van der Waals surface area contributed by atoms with Crippen molar-refractivity contribution in [2.45, 2.75) is 52.1 Å². The first-order chi connectivity index (χ1) is 9.88. The maximum absolute atomic E-state index is 12.5. The normalized spacial score (nSPS) is 19.0. The molecule has 1 aliphatic rings. The molecule has 0 radical (unpaired) electrons. The van der Waals surface area contributed by atoms with Gasteiger partial charge < -0.3 is 15.5 Å². The largest absolute Gasteiger partial charge is 0.344 e. The zero-order valence-corrected chi connectivity index (χ0v) is 15.7. The summed E-state index contributed by atoms with van der Waals surface area (Å²) in [5.74, 6) is 1.88. The molecule has 22 heavy (non-hydrogen) atoms. The molecule has 0 aromatic rings. The molecule has 0 spiro atoms. The summed E-state index contributed by atoms with van der Waals surface area (Å²) in [5, 5.41) is 0. The molecule has 7 heteroatoms. The molecule has 0 aliphatic carbocycles. The van der Waals surface area contributed by atoms with E-state index >= 15 is 0 Å². The maximum Gasteiger partial charge on any atom is 0.246 e. The fraction of sp³-hybridized carbons (Fsp3) is 0.867. The van der Waals surface area contributed by atoms with Gasteiger partial charge in [-0.3, -0.25) is 9.59 Å². The Balaban J connectivity index is 0.00000441. The fourth-order valence-electron chi connectivity index (χ4n) is 2.29. The number of carbonyl (C=O) groups excluding carboxylic acids is 2. The SMILES string of the molecule is CCCC(=O)N1CSCC1C(=O)N(C)CCC(N)C(C)C.Cl. The van der Waals surface area contributed by atoms with Crippen molar-refractivity contribution >= 4 is 36.0 Å². The Bertz CT molecular complexity index is 369. The highest BCUT2D eigenvalue weighted by Crippen LogP contribution is 2.23. The van der Waals surface area contributed by atoms with Gasteiger partial charge >= 0.3 is 0 Å². The quantitative estimate of drug-likeness (QED) is 0.761. The van der Waals surface area contributed by atoms with Crippen LogP contribution < -0.4 is 5.73 Å². The molecule has 1 heterocycles. The molecule has 2 atom stereocenters. The van der Waals surface area contributed by atoms with Crippen LogP contribution in [0.2, 0.25) is 0 Å². The van der Waals surface area contributed by atoms with Gasteiger partial charge in [-0.25, -0.2) is 0 Å². The molecule has 2 unspecified atom stereocenters.